The average molecular weight is 313 g/mol. The van der Waals surface area contributed by atoms with Crippen LogP contribution in [0.2, 0.25) is 0 Å². The predicted octanol–water partition coefficient (Wildman–Crippen LogP) is 3.65. The van der Waals surface area contributed by atoms with Gasteiger partial charge in [-0.25, -0.2) is 4.79 Å². The van der Waals surface area contributed by atoms with E-state index in [4.69, 9.17) is 10.5 Å². The van der Waals surface area contributed by atoms with E-state index in [1.54, 1.807) is 23.2 Å². The molecule has 0 bridgehead atoms. The number of nitrogens with zero attached hydrogens (tertiary/aromatic N) is 2. The molecule has 122 valence electrons. The monoisotopic (exact) mass is 313 g/mol. The van der Waals surface area contributed by atoms with Crippen molar-refractivity contribution in [3.05, 3.63) is 54.4 Å². The molecule has 2 rings (SSSR count). The van der Waals surface area contributed by atoms with E-state index in [9.17, 15) is 4.79 Å². The van der Waals surface area contributed by atoms with Gasteiger partial charge in [-0.1, -0.05) is 6.07 Å². The van der Waals surface area contributed by atoms with E-state index in [0.29, 0.717) is 12.1 Å². The molecule has 0 spiro atoms. The van der Waals surface area contributed by atoms with Crippen LogP contribution in [0.1, 0.15) is 26.5 Å². The summed E-state index contributed by atoms with van der Waals surface area (Å²) in [7, 11) is 0. The molecule has 0 saturated heterocycles. The van der Waals surface area contributed by atoms with Gasteiger partial charge in [-0.05, 0) is 57.2 Å². The number of pyridine rings is 1. The van der Waals surface area contributed by atoms with Crippen LogP contribution in [0.3, 0.4) is 0 Å². The molecule has 0 unspecified atom stereocenters. The molecule has 0 aliphatic heterocycles. The summed E-state index contributed by atoms with van der Waals surface area (Å²) in [4.78, 5) is 18.4. The summed E-state index contributed by atoms with van der Waals surface area (Å²) in [5.41, 5.74) is 7.63. The topological polar surface area (TPSA) is 68.5 Å². The quantitative estimate of drug-likeness (QED) is 0.875. The highest BCUT2D eigenvalue weighted by molar-refractivity contribution is 5.89. The van der Waals surface area contributed by atoms with Crippen molar-refractivity contribution in [1.29, 1.82) is 0 Å². The highest BCUT2D eigenvalue weighted by Gasteiger charge is 2.29. The Kier molecular flexibility index (Phi) is 5.21. The standard InChI is InChI=1S/C18H23N3O2/c1-18(2,3)21(16-9-7-14(19)8-10-16)17(22)23-13-11-15-6-4-5-12-20-15/h4-10,12H,11,13,19H2,1-3H3. The lowest BCUT2D eigenvalue weighted by Crippen LogP contribution is -2.46. The first-order valence-corrected chi connectivity index (χ1v) is 7.60. The first-order valence-electron chi connectivity index (χ1n) is 7.60. The summed E-state index contributed by atoms with van der Waals surface area (Å²) in [6.07, 6.45) is 1.94. The van der Waals surface area contributed by atoms with Gasteiger partial charge in [-0.2, -0.15) is 0 Å². The number of aromatic nitrogens is 1. The Labute approximate surface area is 137 Å². The molecule has 2 aromatic rings. The highest BCUT2D eigenvalue weighted by Crippen LogP contribution is 2.25. The van der Waals surface area contributed by atoms with E-state index >= 15 is 0 Å². The minimum atomic E-state index is -0.405. The molecule has 1 aromatic carbocycles. The van der Waals surface area contributed by atoms with E-state index in [1.165, 1.54) is 0 Å². The van der Waals surface area contributed by atoms with Crippen molar-refractivity contribution in [3.63, 3.8) is 0 Å². The molecular formula is C18H23N3O2. The fourth-order valence-corrected chi connectivity index (χ4v) is 2.24. The van der Waals surface area contributed by atoms with E-state index in [0.717, 1.165) is 11.4 Å². The zero-order valence-electron chi connectivity index (χ0n) is 13.8. The molecule has 0 aliphatic rings. The molecule has 5 nitrogen and oxygen atoms in total. The van der Waals surface area contributed by atoms with Gasteiger partial charge in [0.15, 0.2) is 0 Å². The van der Waals surface area contributed by atoms with Crippen LogP contribution >= 0.6 is 0 Å². The van der Waals surface area contributed by atoms with Gasteiger partial charge in [0, 0.05) is 35.2 Å². The largest absolute Gasteiger partial charge is 0.449 e. The number of hydrogen-bond donors (Lipinski definition) is 1. The Morgan fingerprint density at radius 2 is 1.87 bits per heavy atom. The van der Waals surface area contributed by atoms with Gasteiger partial charge >= 0.3 is 6.09 Å². The first kappa shape index (κ1) is 16.8. The minimum Gasteiger partial charge on any atom is -0.449 e. The summed E-state index contributed by atoms with van der Waals surface area (Å²) in [5, 5.41) is 0. The maximum Gasteiger partial charge on any atom is 0.414 e. The first-order chi connectivity index (χ1) is 10.9. The van der Waals surface area contributed by atoms with E-state index < -0.39 is 5.54 Å². The molecule has 23 heavy (non-hydrogen) atoms. The van der Waals surface area contributed by atoms with Crippen molar-refractivity contribution < 1.29 is 9.53 Å². The molecule has 2 N–H and O–H groups in total. The molecule has 1 heterocycles. The van der Waals surface area contributed by atoms with Crippen molar-refractivity contribution in [3.8, 4) is 0 Å². The van der Waals surface area contributed by atoms with Crippen LogP contribution in [0.15, 0.2) is 48.7 Å². The Bertz CT molecular complexity index is 634. The number of anilines is 2. The van der Waals surface area contributed by atoms with Gasteiger partial charge in [0.1, 0.15) is 0 Å². The summed E-state index contributed by atoms with van der Waals surface area (Å²) >= 11 is 0. The molecular weight excluding hydrogens is 290 g/mol. The number of carbonyl (C=O) groups is 1. The highest BCUT2D eigenvalue weighted by atomic mass is 16.6. The van der Waals surface area contributed by atoms with Crippen molar-refractivity contribution in [2.24, 2.45) is 0 Å². The van der Waals surface area contributed by atoms with Gasteiger partial charge in [0.25, 0.3) is 0 Å². The van der Waals surface area contributed by atoms with Crippen LogP contribution in [0.25, 0.3) is 0 Å². The van der Waals surface area contributed by atoms with Crippen LogP contribution in [-0.2, 0) is 11.2 Å². The minimum absolute atomic E-state index is 0.289. The summed E-state index contributed by atoms with van der Waals surface area (Å²) in [5.74, 6) is 0. The SMILES string of the molecule is CC(C)(C)N(C(=O)OCCc1ccccn1)c1ccc(N)cc1. The van der Waals surface area contributed by atoms with Crippen LogP contribution in [0, 0.1) is 0 Å². The average Bonchev–Trinajstić information content (AvgIpc) is 2.49. The summed E-state index contributed by atoms with van der Waals surface area (Å²) in [6.45, 7) is 6.17. The molecule has 5 heteroatoms. The van der Waals surface area contributed by atoms with Gasteiger partial charge in [-0.3, -0.25) is 9.88 Å². The molecule has 0 aliphatic carbocycles. The lowest BCUT2D eigenvalue weighted by molar-refractivity contribution is 0.149. The van der Waals surface area contributed by atoms with Crippen molar-refractivity contribution in [2.75, 3.05) is 17.2 Å². The number of hydrogen-bond acceptors (Lipinski definition) is 4. The second-order valence-corrected chi connectivity index (χ2v) is 6.28. The van der Waals surface area contributed by atoms with Gasteiger partial charge in [-0.15, -0.1) is 0 Å². The molecule has 1 amide bonds. The van der Waals surface area contributed by atoms with Crippen molar-refractivity contribution in [2.45, 2.75) is 32.7 Å². The number of carbonyl (C=O) groups excluding carboxylic acids is 1. The number of nitrogen functional groups attached to an aromatic ring is 1. The smallest absolute Gasteiger partial charge is 0.414 e. The Balaban J connectivity index is 2.04. The number of rotatable bonds is 4. The molecule has 0 saturated carbocycles. The predicted molar refractivity (Wildman–Crippen MR) is 92.4 cm³/mol. The normalized spacial score (nSPS) is 11.1. The third-order valence-electron chi connectivity index (χ3n) is 3.31. The van der Waals surface area contributed by atoms with Crippen LogP contribution in [0.4, 0.5) is 16.2 Å². The fourth-order valence-electron chi connectivity index (χ4n) is 2.24. The van der Waals surface area contributed by atoms with Gasteiger partial charge in [0.05, 0.1) is 6.61 Å². The molecule has 1 aromatic heterocycles. The summed E-state index contributed by atoms with van der Waals surface area (Å²) < 4.78 is 5.44. The number of amides is 1. The molecule has 0 atom stereocenters. The number of ether oxygens (including phenoxy) is 1. The fraction of sp³-hybridized carbons (Fsp3) is 0.333. The Hall–Kier alpha value is -2.56. The van der Waals surface area contributed by atoms with E-state index in [-0.39, 0.29) is 12.7 Å². The Morgan fingerprint density at radius 3 is 2.43 bits per heavy atom. The van der Waals surface area contributed by atoms with Gasteiger partial charge < -0.3 is 10.5 Å². The molecule has 0 fully saturated rings. The van der Waals surface area contributed by atoms with Crippen molar-refractivity contribution in [1.82, 2.24) is 4.98 Å². The van der Waals surface area contributed by atoms with Gasteiger partial charge in [0.2, 0.25) is 0 Å². The zero-order chi connectivity index (χ0) is 16.9. The molecule has 0 radical (unpaired) electrons. The zero-order valence-corrected chi connectivity index (χ0v) is 13.8. The number of benzene rings is 1. The third kappa shape index (κ3) is 4.71. The second-order valence-electron chi connectivity index (χ2n) is 6.28. The summed E-state index contributed by atoms with van der Waals surface area (Å²) in [6, 6.07) is 12.9. The Morgan fingerprint density at radius 1 is 1.17 bits per heavy atom. The van der Waals surface area contributed by atoms with Crippen LogP contribution in [-0.4, -0.2) is 23.2 Å². The van der Waals surface area contributed by atoms with Crippen LogP contribution < -0.4 is 10.6 Å². The maximum atomic E-state index is 12.5. The van der Waals surface area contributed by atoms with E-state index in [2.05, 4.69) is 4.98 Å². The van der Waals surface area contributed by atoms with E-state index in [1.807, 2.05) is 51.1 Å². The third-order valence-corrected chi connectivity index (χ3v) is 3.31. The maximum absolute atomic E-state index is 12.5. The van der Waals surface area contributed by atoms with Crippen molar-refractivity contribution >= 4 is 17.5 Å². The second kappa shape index (κ2) is 7.13. The lowest BCUT2D eigenvalue weighted by Gasteiger charge is -2.34. The number of nitrogens with two attached hydrogens (primary N) is 1. The van der Waals surface area contributed by atoms with Crippen LogP contribution in [0.5, 0.6) is 0 Å². The lowest BCUT2D eigenvalue weighted by atomic mass is 10.1.